The van der Waals surface area contributed by atoms with E-state index in [1.807, 2.05) is 40.0 Å². The number of aromatic nitrogens is 1. The van der Waals surface area contributed by atoms with Crippen molar-refractivity contribution in [1.29, 1.82) is 0 Å². The van der Waals surface area contributed by atoms with Crippen molar-refractivity contribution in [2.45, 2.75) is 22.1 Å². The molecule has 1 fully saturated rings. The number of carbonyl (C=O) groups excluding carboxylic acids is 2. The van der Waals surface area contributed by atoms with E-state index in [0.717, 1.165) is 35.4 Å². The number of piperazine rings is 1. The molecule has 0 radical (unpaired) electrons. The van der Waals surface area contributed by atoms with E-state index < -0.39 is 50.2 Å². The van der Waals surface area contributed by atoms with Gasteiger partial charge in [-0.15, -0.1) is 11.8 Å². The molecular weight excluding hydrogens is 797 g/mol. The topological polar surface area (TPSA) is 132 Å². The molecule has 1 saturated heterocycles. The predicted molar refractivity (Wildman–Crippen MR) is 203 cm³/mol. The van der Waals surface area contributed by atoms with Gasteiger partial charge >= 0.3 is 12.4 Å². The highest BCUT2D eigenvalue weighted by Gasteiger charge is 2.36. The number of pyridine rings is 1. The Bertz CT molecular complexity index is 2350. The SMILES string of the molecule is O=C(NS(=O)(=O)c1ccc(NCCSc2ccccc2)c(C(F)(F)F)c1)c1ccc(N2CCN(C(=O)c3cc(-c4cncc(O)c4)cc(C(F)(F)F)c3)CC2)cc1. The number of nitrogens with zero attached hydrogens (tertiary/aromatic N) is 3. The van der Waals surface area contributed by atoms with Gasteiger partial charge in [-0.05, 0) is 84.4 Å². The molecule has 298 valence electrons. The van der Waals surface area contributed by atoms with Gasteiger partial charge in [-0.3, -0.25) is 14.6 Å². The van der Waals surface area contributed by atoms with Gasteiger partial charge in [0, 0.05) is 77.6 Å². The molecule has 0 unspecified atom stereocenters. The van der Waals surface area contributed by atoms with Gasteiger partial charge in [-0.1, -0.05) is 18.2 Å². The van der Waals surface area contributed by atoms with E-state index >= 15 is 0 Å². The highest BCUT2D eigenvalue weighted by atomic mass is 32.2. The third-order valence-electron chi connectivity index (χ3n) is 8.89. The summed E-state index contributed by atoms with van der Waals surface area (Å²) >= 11 is 1.44. The van der Waals surface area contributed by atoms with Crippen LogP contribution < -0.4 is 14.9 Å². The maximum Gasteiger partial charge on any atom is 0.418 e. The second-order valence-corrected chi connectivity index (χ2v) is 15.6. The number of nitrogens with one attached hydrogen (secondary N) is 2. The first-order valence-electron chi connectivity index (χ1n) is 17.2. The third-order valence-corrected chi connectivity index (χ3v) is 11.2. The number of alkyl halides is 6. The summed E-state index contributed by atoms with van der Waals surface area (Å²) in [4.78, 5) is 33.6. The van der Waals surface area contributed by atoms with Gasteiger partial charge in [-0.25, -0.2) is 13.1 Å². The van der Waals surface area contributed by atoms with Crippen molar-refractivity contribution in [3.8, 4) is 16.9 Å². The van der Waals surface area contributed by atoms with E-state index in [0.29, 0.717) is 17.5 Å². The highest BCUT2D eigenvalue weighted by molar-refractivity contribution is 7.99. The van der Waals surface area contributed by atoms with E-state index in [4.69, 9.17) is 0 Å². The first kappa shape index (κ1) is 40.9. The molecule has 0 atom stereocenters. The zero-order valence-corrected chi connectivity index (χ0v) is 31.3. The predicted octanol–water partition coefficient (Wildman–Crippen LogP) is 7.78. The first-order chi connectivity index (χ1) is 27.0. The minimum Gasteiger partial charge on any atom is -0.506 e. The number of thioether (sulfide) groups is 1. The number of halogens is 6. The van der Waals surface area contributed by atoms with Gasteiger partial charge in [0.1, 0.15) is 5.75 Å². The number of amides is 2. The fourth-order valence-electron chi connectivity index (χ4n) is 6.03. The lowest BCUT2D eigenvalue weighted by Gasteiger charge is -2.36. The lowest BCUT2D eigenvalue weighted by atomic mass is 9.99. The summed E-state index contributed by atoms with van der Waals surface area (Å²) in [7, 11) is -4.72. The molecule has 1 aromatic heterocycles. The van der Waals surface area contributed by atoms with Crippen LogP contribution >= 0.6 is 11.8 Å². The third kappa shape index (κ3) is 10.2. The van der Waals surface area contributed by atoms with Crippen LogP contribution in [0.5, 0.6) is 5.75 Å². The maximum absolute atomic E-state index is 14.0. The zero-order valence-electron chi connectivity index (χ0n) is 29.6. The summed E-state index contributed by atoms with van der Waals surface area (Å²) < 4.78 is 111. The average Bonchev–Trinajstić information content (AvgIpc) is 3.18. The largest absolute Gasteiger partial charge is 0.506 e. The fourth-order valence-corrected chi connectivity index (χ4v) is 7.82. The monoisotopic (exact) mass is 829 g/mol. The summed E-state index contributed by atoms with van der Waals surface area (Å²) in [6, 6.07) is 21.6. The molecule has 1 aliphatic rings. The minimum absolute atomic E-state index is 0.0495. The quantitative estimate of drug-likeness (QED) is 0.0694. The van der Waals surface area contributed by atoms with Crippen LogP contribution in [-0.2, 0) is 22.4 Å². The molecule has 57 heavy (non-hydrogen) atoms. The van der Waals surface area contributed by atoms with Crippen molar-refractivity contribution >= 4 is 45.0 Å². The Labute approximate surface area is 327 Å². The van der Waals surface area contributed by atoms with Crippen molar-refractivity contribution in [3.05, 3.63) is 132 Å². The summed E-state index contributed by atoms with van der Waals surface area (Å²) in [5, 5.41) is 12.5. The van der Waals surface area contributed by atoms with Crippen molar-refractivity contribution in [3.63, 3.8) is 0 Å². The Balaban J connectivity index is 1.07. The molecule has 5 aromatic rings. The number of sulfonamides is 1. The number of carbonyl (C=O) groups is 2. The lowest BCUT2D eigenvalue weighted by molar-refractivity contribution is -0.138. The molecule has 0 aliphatic carbocycles. The van der Waals surface area contributed by atoms with E-state index in [1.54, 1.807) is 0 Å². The smallest absolute Gasteiger partial charge is 0.418 e. The van der Waals surface area contributed by atoms with Gasteiger partial charge in [0.2, 0.25) is 0 Å². The molecule has 3 N–H and O–H groups in total. The Hall–Kier alpha value is -5.75. The second-order valence-electron chi connectivity index (χ2n) is 12.8. The molecular formula is C39H33F6N5O5S2. The summed E-state index contributed by atoms with van der Waals surface area (Å²) in [6.45, 7) is 0.980. The number of hydrogen-bond donors (Lipinski definition) is 3. The van der Waals surface area contributed by atoms with Crippen LogP contribution in [0.4, 0.5) is 37.7 Å². The molecule has 2 amide bonds. The molecule has 0 saturated carbocycles. The van der Waals surface area contributed by atoms with Crippen molar-refractivity contribution in [2.24, 2.45) is 0 Å². The number of anilines is 2. The molecule has 2 heterocycles. The Morgan fingerprint density at radius 3 is 2.12 bits per heavy atom. The Morgan fingerprint density at radius 1 is 0.772 bits per heavy atom. The molecule has 18 heteroatoms. The number of hydrogen-bond acceptors (Lipinski definition) is 9. The van der Waals surface area contributed by atoms with Crippen molar-refractivity contribution in [1.82, 2.24) is 14.6 Å². The van der Waals surface area contributed by atoms with Crippen LogP contribution in [0.3, 0.4) is 0 Å². The first-order valence-corrected chi connectivity index (χ1v) is 19.7. The van der Waals surface area contributed by atoms with Crippen LogP contribution in [0, 0.1) is 0 Å². The summed E-state index contributed by atoms with van der Waals surface area (Å²) in [6.07, 6.45) is -7.24. The normalized spacial score (nSPS) is 13.6. The van der Waals surface area contributed by atoms with Gasteiger partial charge in [0.25, 0.3) is 21.8 Å². The highest BCUT2D eigenvalue weighted by Crippen LogP contribution is 2.37. The zero-order chi connectivity index (χ0) is 41.0. The van der Waals surface area contributed by atoms with Crippen LogP contribution in [0.2, 0.25) is 0 Å². The average molecular weight is 830 g/mol. The van der Waals surface area contributed by atoms with E-state index in [9.17, 15) is 49.5 Å². The molecule has 6 rings (SSSR count). The van der Waals surface area contributed by atoms with Crippen LogP contribution in [0.25, 0.3) is 11.1 Å². The number of benzene rings is 4. The summed E-state index contributed by atoms with van der Waals surface area (Å²) in [5.41, 5.74) is -2.01. The standard InChI is InChI=1S/C39H33F6N5O5S2/c40-38(41,42)29-19-26(28-21-31(51)24-46-23-28)18-27(20-29)37(53)50-15-13-49(14-16-50)30-8-6-25(7-9-30)36(52)48-57(54,55)33-10-11-35(34(22-33)39(43,44)45)47-12-17-56-32-4-2-1-3-5-32/h1-11,18-24,47,51H,12-17H2,(H,48,52). The second kappa shape index (κ2) is 16.8. The lowest BCUT2D eigenvalue weighted by Crippen LogP contribution is -2.48. The number of rotatable bonds is 11. The van der Waals surface area contributed by atoms with Crippen LogP contribution in [0.1, 0.15) is 31.8 Å². The van der Waals surface area contributed by atoms with E-state index in [1.165, 1.54) is 59.3 Å². The van der Waals surface area contributed by atoms with Gasteiger partial charge in [0.05, 0.1) is 22.2 Å². The van der Waals surface area contributed by atoms with Crippen LogP contribution in [0.15, 0.2) is 119 Å². The minimum atomic E-state index is -4.90. The van der Waals surface area contributed by atoms with Gasteiger partial charge < -0.3 is 20.2 Å². The van der Waals surface area contributed by atoms with E-state index in [-0.39, 0.29) is 66.4 Å². The van der Waals surface area contributed by atoms with E-state index in [2.05, 4.69) is 10.3 Å². The number of aromatic hydroxyl groups is 1. The maximum atomic E-state index is 14.0. The van der Waals surface area contributed by atoms with Crippen LogP contribution in [-0.4, -0.2) is 73.7 Å². The summed E-state index contributed by atoms with van der Waals surface area (Å²) in [5.74, 6) is -1.52. The molecule has 10 nitrogen and oxygen atoms in total. The fraction of sp³-hybridized carbons (Fsp3) is 0.205. The molecule has 0 spiro atoms. The van der Waals surface area contributed by atoms with Gasteiger partial charge in [-0.2, -0.15) is 26.3 Å². The Kier molecular flexibility index (Phi) is 12.0. The molecule has 1 aliphatic heterocycles. The van der Waals surface area contributed by atoms with Crippen molar-refractivity contribution in [2.75, 3.05) is 48.7 Å². The molecule has 4 aromatic carbocycles. The molecule has 0 bridgehead atoms. The van der Waals surface area contributed by atoms with Gasteiger partial charge in [0.15, 0.2) is 0 Å². The van der Waals surface area contributed by atoms with Crippen molar-refractivity contribution < 1.29 is 49.5 Å². The Morgan fingerprint density at radius 2 is 1.47 bits per heavy atom.